The Kier molecular flexibility index (Phi) is 3.80. The van der Waals surface area contributed by atoms with Gasteiger partial charge in [0, 0.05) is 0 Å². The molecule has 4 nitrogen and oxygen atoms in total. The van der Waals surface area contributed by atoms with Crippen LogP contribution in [0.5, 0.6) is 0 Å². The lowest BCUT2D eigenvalue weighted by Crippen LogP contribution is -2.14. The zero-order valence-corrected chi connectivity index (χ0v) is 9.26. The van der Waals surface area contributed by atoms with Gasteiger partial charge >= 0.3 is 0 Å². The summed E-state index contributed by atoms with van der Waals surface area (Å²) < 4.78 is 0. The number of carbonyl (C=O) groups is 2. The number of pyridine rings is 1. The van der Waals surface area contributed by atoms with Crippen molar-refractivity contribution in [3.63, 3.8) is 0 Å². The number of rotatable bonds is 3. The Labute approximate surface area is 92.7 Å². The van der Waals surface area contributed by atoms with Gasteiger partial charge in [-0.1, -0.05) is 11.6 Å². The smallest absolute Gasteiger partial charge is 0.231 e. The minimum atomic E-state index is -0.342. The zero-order valence-electron chi connectivity index (χ0n) is 8.50. The van der Waals surface area contributed by atoms with Crippen LogP contribution in [0, 0.1) is 6.92 Å². The van der Waals surface area contributed by atoms with E-state index >= 15 is 0 Å². The number of carbonyl (C=O) groups excluding carboxylic acids is 2. The van der Waals surface area contributed by atoms with Crippen LogP contribution in [0.25, 0.3) is 0 Å². The maximum atomic E-state index is 11.2. The largest absolute Gasteiger partial charge is 0.324 e. The Hall–Kier alpha value is -1.42. The first-order valence-corrected chi connectivity index (χ1v) is 4.78. The van der Waals surface area contributed by atoms with Crippen molar-refractivity contribution in [2.45, 2.75) is 20.3 Å². The second-order valence-corrected chi connectivity index (χ2v) is 3.62. The van der Waals surface area contributed by atoms with Gasteiger partial charge in [-0.25, -0.2) is 4.98 Å². The van der Waals surface area contributed by atoms with Crippen molar-refractivity contribution in [2.75, 3.05) is 5.32 Å². The Balaban J connectivity index is 2.69. The number of amides is 1. The second-order valence-electron chi connectivity index (χ2n) is 3.26. The quantitative estimate of drug-likeness (QED) is 0.633. The number of ketones is 1. The highest BCUT2D eigenvalue weighted by atomic mass is 35.5. The molecular formula is C10H11ClN2O2. The van der Waals surface area contributed by atoms with Gasteiger partial charge in [-0.3, -0.25) is 9.59 Å². The van der Waals surface area contributed by atoms with Gasteiger partial charge in [0.25, 0.3) is 0 Å². The van der Waals surface area contributed by atoms with Crippen LogP contribution >= 0.6 is 11.6 Å². The number of halogens is 1. The van der Waals surface area contributed by atoms with E-state index < -0.39 is 0 Å². The van der Waals surface area contributed by atoms with Crippen molar-refractivity contribution in [1.82, 2.24) is 4.98 Å². The first-order chi connectivity index (χ1) is 6.99. The topological polar surface area (TPSA) is 59.1 Å². The molecule has 15 heavy (non-hydrogen) atoms. The highest BCUT2D eigenvalue weighted by molar-refractivity contribution is 6.30. The Bertz CT molecular complexity index is 404. The first-order valence-electron chi connectivity index (χ1n) is 4.40. The molecule has 0 aromatic carbocycles. The summed E-state index contributed by atoms with van der Waals surface area (Å²) in [5.41, 5.74) is 1.32. The number of hydrogen-bond donors (Lipinski definition) is 1. The van der Waals surface area contributed by atoms with Gasteiger partial charge in [-0.15, -0.1) is 0 Å². The van der Waals surface area contributed by atoms with E-state index in [2.05, 4.69) is 10.3 Å². The van der Waals surface area contributed by atoms with E-state index in [4.69, 9.17) is 11.6 Å². The number of aryl methyl sites for hydroxylation is 1. The molecule has 0 aliphatic rings. The predicted molar refractivity (Wildman–Crippen MR) is 57.9 cm³/mol. The normalized spacial score (nSPS) is 9.80. The lowest BCUT2D eigenvalue weighted by Gasteiger charge is -2.04. The molecule has 1 aromatic rings. The number of nitrogens with one attached hydrogen (secondary N) is 1. The van der Waals surface area contributed by atoms with Crippen molar-refractivity contribution < 1.29 is 9.59 Å². The number of aromatic nitrogens is 1. The summed E-state index contributed by atoms with van der Waals surface area (Å²) in [6.07, 6.45) is 1.33. The van der Waals surface area contributed by atoms with Crippen molar-refractivity contribution >= 4 is 29.0 Å². The van der Waals surface area contributed by atoms with E-state index in [-0.39, 0.29) is 18.1 Å². The van der Waals surface area contributed by atoms with Gasteiger partial charge in [0.1, 0.15) is 10.9 Å². The van der Waals surface area contributed by atoms with Crippen molar-refractivity contribution in [2.24, 2.45) is 0 Å². The molecule has 0 bridgehead atoms. The highest BCUT2D eigenvalue weighted by Gasteiger charge is 2.06. The molecule has 0 radical (unpaired) electrons. The van der Waals surface area contributed by atoms with E-state index in [0.29, 0.717) is 10.8 Å². The number of Topliss-reactive ketones (excluding diaryl/α,β-unsaturated/α-hetero) is 1. The molecule has 1 rings (SSSR count). The molecule has 0 saturated heterocycles. The van der Waals surface area contributed by atoms with Crippen LogP contribution in [-0.4, -0.2) is 16.7 Å². The molecule has 0 atom stereocenters. The van der Waals surface area contributed by atoms with Gasteiger partial charge in [0.15, 0.2) is 0 Å². The SMILES string of the molecule is CC(=O)CC(=O)Nc1cnc(Cl)c(C)c1. The molecule has 0 aliphatic heterocycles. The van der Waals surface area contributed by atoms with Gasteiger partial charge in [0.05, 0.1) is 18.3 Å². The Morgan fingerprint density at radius 2 is 2.20 bits per heavy atom. The Morgan fingerprint density at radius 1 is 1.53 bits per heavy atom. The lowest BCUT2D eigenvalue weighted by molar-refractivity contribution is -0.124. The first kappa shape index (κ1) is 11.7. The predicted octanol–water partition coefficient (Wildman–Crippen LogP) is 1.96. The minimum absolute atomic E-state index is 0.123. The van der Waals surface area contributed by atoms with Gasteiger partial charge in [0.2, 0.25) is 5.91 Å². The van der Waals surface area contributed by atoms with Crippen LogP contribution in [0.4, 0.5) is 5.69 Å². The maximum Gasteiger partial charge on any atom is 0.231 e. The third-order valence-electron chi connectivity index (χ3n) is 1.71. The van der Waals surface area contributed by atoms with E-state index in [0.717, 1.165) is 5.56 Å². The summed E-state index contributed by atoms with van der Waals surface area (Å²) in [5, 5.41) is 2.96. The molecule has 0 unspecified atom stereocenters. The van der Waals surface area contributed by atoms with E-state index in [9.17, 15) is 9.59 Å². The molecule has 0 spiro atoms. The molecule has 5 heteroatoms. The number of hydrogen-bond acceptors (Lipinski definition) is 3. The van der Waals surface area contributed by atoms with E-state index in [1.54, 1.807) is 13.0 Å². The molecule has 1 amide bonds. The summed E-state index contributed by atoms with van der Waals surface area (Å²) >= 11 is 5.72. The molecule has 1 heterocycles. The standard InChI is InChI=1S/C10H11ClN2O2/c1-6-3-8(5-12-10(6)11)13-9(15)4-7(2)14/h3,5H,4H2,1-2H3,(H,13,15). The molecule has 1 N–H and O–H groups in total. The van der Waals surface area contributed by atoms with Crippen molar-refractivity contribution in [3.05, 3.63) is 23.0 Å². The van der Waals surface area contributed by atoms with Crippen LogP contribution in [0.15, 0.2) is 12.3 Å². The molecule has 0 aliphatic carbocycles. The third-order valence-corrected chi connectivity index (χ3v) is 2.10. The summed E-state index contributed by atoms with van der Waals surface area (Å²) in [6.45, 7) is 3.15. The second kappa shape index (κ2) is 4.89. The summed E-state index contributed by atoms with van der Waals surface area (Å²) in [6, 6.07) is 1.70. The molecule has 80 valence electrons. The fourth-order valence-electron chi connectivity index (χ4n) is 1.06. The maximum absolute atomic E-state index is 11.2. The van der Waals surface area contributed by atoms with Crippen molar-refractivity contribution in [3.8, 4) is 0 Å². The van der Waals surface area contributed by atoms with Gasteiger partial charge < -0.3 is 5.32 Å². The summed E-state index contributed by atoms with van der Waals surface area (Å²) in [4.78, 5) is 25.8. The van der Waals surface area contributed by atoms with E-state index in [1.165, 1.54) is 13.1 Å². The Morgan fingerprint density at radius 3 is 2.73 bits per heavy atom. The van der Waals surface area contributed by atoms with Crippen LogP contribution < -0.4 is 5.32 Å². The number of anilines is 1. The lowest BCUT2D eigenvalue weighted by atomic mass is 10.2. The monoisotopic (exact) mass is 226 g/mol. The van der Waals surface area contributed by atoms with Crippen LogP contribution in [0.1, 0.15) is 18.9 Å². The average Bonchev–Trinajstić information content (AvgIpc) is 2.10. The average molecular weight is 227 g/mol. The summed E-state index contributed by atoms with van der Waals surface area (Å²) in [7, 11) is 0. The molecular weight excluding hydrogens is 216 g/mol. The fourth-order valence-corrected chi connectivity index (χ4v) is 1.16. The van der Waals surface area contributed by atoms with Gasteiger partial charge in [-0.05, 0) is 25.5 Å². The zero-order chi connectivity index (χ0) is 11.4. The number of nitrogens with zero attached hydrogens (tertiary/aromatic N) is 1. The van der Waals surface area contributed by atoms with Crippen LogP contribution in [0.2, 0.25) is 5.15 Å². The fraction of sp³-hybridized carbons (Fsp3) is 0.300. The highest BCUT2D eigenvalue weighted by Crippen LogP contribution is 2.16. The minimum Gasteiger partial charge on any atom is -0.324 e. The van der Waals surface area contributed by atoms with E-state index in [1.807, 2.05) is 0 Å². The molecule has 1 aromatic heterocycles. The molecule has 0 saturated carbocycles. The van der Waals surface area contributed by atoms with Crippen LogP contribution in [-0.2, 0) is 9.59 Å². The molecule has 0 fully saturated rings. The summed E-state index contributed by atoms with van der Waals surface area (Å²) in [5.74, 6) is -0.517. The van der Waals surface area contributed by atoms with Crippen LogP contribution in [0.3, 0.4) is 0 Å². The van der Waals surface area contributed by atoms with Gasteiger partial charge in [-0.2, -0.15) is 0 Å². The third kappa shape index (κ3) is 3.67. The van der Waals surface area contributed by atoms with Crippen molar-refractivity contribution in [1.29, 1.82) is 0 Å².